The molecule has 14 heavy (non-hydrogen) atoms. The number of halogens is 4. The molecule has 0 amide bonds. The van der Waals surface area contributed by atoms with E-state index in [1.54, 1.807) is 0 Å². The Kier molecular flexibility index (Phi) is 6.87. The number of hydrogen-bond donors (Lipinski definition) is 1. The summed E-state index contributed by atoms with van der Waals surface area (Å²) in [6.07, 6.45) is -2.63. The van der Waals surface area contributed by atoms with Gasteiger partial charge >= 0.3 is 12.3 Å². The molecule has 0 fully saturated rings. The zero-order valence-corrected chi connectivity index (χ0v) is 8.33. The zero-order valence-electron chi connectivity index (χ0n) is 8.33. The van der Waals surface area contributed by atoms with Crippen LogP contribution in [0.2, 0.25) is 0 Å². The summed E-state index contributed by atoms with van der Waals surface area (Å²) in [6, 6.07) is 0. The summed E-state index contributed by atoms with van der Waals surface area (Å²) in [5.41, 5.74) is 0. The molecule has 0 aliphatic heterocycles. The average Bonchev–Trinajstić information content (AvgIpc) is 2.10. The summed E-state index contributed by atoms with van der Waals surface area (Å²) in [6.45, 7) is 3.45. The van der Waals surface area contributed by atoms with Gasteiger partial charge in [0.05, 0.1) is 0 Å². The third kappa shape index (κ3) is 6.18. The van der Waals surface area contributed by atoms with Crippen molar-refractivity contribution >= 4 is 0 Å². The molecule has 0 aliphatic rings. The Morgan fingerprint density at radius 1 is 1.14 bits per heavy atom. The Labute approximate surface area is 81.9 Å². The van der Waals surface area contributed by atoms with E-state index in [-0.39, 0.29) is 6.42 Å². The Balaban J connectivity index is 3.35. The van der Waals surface area contributed by atoms with E-state index in [4.69, 9.17) is 0 Å². The molecular weight excluding hydrogens is 198 g/mol. The van der Waals surface area contributed by atoms with E-state index in [0.29, 0.717) is 13.0 Å². The molecule has 0 bridgehead atoms. The third-order valence-corrected chi connectivity index (χ3v) is 1.86. The summed E-state index contributed by atoms with van der Waals surface area (Å²) in [5.74, 6) is -3.81. The second-order valence-corrected chi connectivity index (χ2v) is 3.27. The van der Waals surface area contributed by atoms with Gasteiger partial charge in [-0.05, 0) is 32.4 Å². The first-order valence-corrected chi connectivity index (χ1v) is 4.87. The smallest absolute Gasteiger partial charge is 0.307 e. The highest BCUT2D eigenvalue weighted by Crippen LogP contribution is 2.28. The van der Waals surface area contributed by atoms with Gasteiger partial charge in [-0.1, -0.05) is 6.92 Å². The van der Waals surface area contributed by atoms with E-state index in [9.17, 15) is 17.6 Å². The van der Waals surface area contributed by atoms with Crippen molar-refractivity contribution in [2.45, 2.75) is 45.0 Å². The number of nitrogens with one attached hydrogen (secondary N) is 1. The Hall–Kier alpha value is -0.320. The fourth-order valence-corrected chi connectivity index (χ4v) is 1.02. The van der Waals surface area contributed by atoms with Crippen molar-refractivity contribution < 1.29 is 17.6 Å². The molecule has 0 rings (SSSR count). The zero-order chi connectivity index (χ0) is 11.0. The second kappa shape index (κ2) is 7.04. The minimum atomic E-state index is -3.81. The van der Waals surface area contributed by atoms with Gasteiger partial charge in [-0.3, -0.25) is 0 Å². The number of unbranched alkanes of at least 4 members (excludes halogenated alkanes) is 1. The van der Waals surface area contributed by atoms with Gasteiger partial charge in [0.25, 0.3) is 0 Å². The molecule has 0 aromatic heterocycles. The molecule has 0 radical (unpaired) electrons. The van der Waals surface area contributed by atoms with Crippen LogP contribution in [0, 0.1) is 0 Å². The molecule has 5 heteroatoms. The van der Waals surface area contributed by atoms with Crippen LogP contribution < -0.4 is 5.32 Å². The number of rotatable bonds is 8. The van der Waals surface area contributed by atoms with Crippen LogP contribution in [-0.4, -0.2) is 25.4 Å². The lowest BCUT2D eigenvalue weighted by Gasteiger charge is -2.14. The monoisotopic (exact) mass is 215 g/mol. The fourth-order valence-electron chi connectivity index (χ4n) is 1.02. The quantitative estimate of drug-likeness (QED) is 0.484. The first-order chi connectivity index (χ1) is 6.50. The number of alkyl halides is 4. The molecule has 0 aliphatic carbocycles. The highest BCUT2D eigenvalue weighted by molar-refractivity contribution is 4.68. The number of hydrogen-bond acceptors (Lipinski definition) is 1. The summed E-state index contributed by atoms with van der Waals surface area (Å²) in [5, 5.41) is 3.02. The van der Waals surface area contributed by atoms with E-state index in [0.717, 1.165) is 13.0 Å². The van der Waals surface area contributed by atoms with Crippen LogP contribution in [0.15, 0.2) is 0 Å². The summed E-state index contributed by atoms with van der Waals surface area (Å²) in [4.78, 5) is 0. The second-order valence-electron chi connectivity index (χ2n) is 3.27. The van der Waals surface area contributed by atoms with E-state index < -0.39 is 18.8 Å². The summed E-state index contributed by atoms with van der Waals surface area (Å²) >= 11 is 0. The van der Waals surface area contributed by atoms with Crippen LogP contribution in [0.1, 0.15) is 32.6 Å². The lowest BCUT2D eigenvalue weighted by Crippen LogP contribution is -2.26. The summed E-state index contributed by atoms with van der Waals surface area (Å²) < 4.78 is 48.1. The third-order valence-electron chi connectivity index (χ3n) is 1.86. The molecule has 0 saturated carbocycles. The van der Waals surface area contributed by atoms with E-state index >= 15 is 0 Å². The minimum absolute atomic E-state index is 0.133. The van der Waals surface area contributed by atoms with Crippen LogP contribution in [0.4, 0.5) is 17.6 Å². The molecule has 0 heterocycles. The van der Waals surface area contributed by atoms with Gasteiger partial charge in [0.1, 0.15) is 0 Å². The van der Waals surface area contributed by atoms with Crippen molar-refractivity contribution in [3.63, 3.8) is 0 Å². The van der Waals surface area contributed by atoms with Crippen molar-refractivity contribution in [3.05, 3.63) is 0 Å². The maximum Gasteiger partial charge on any atom is 0.307 e. The standard InChI is InChI=1S/C9H17F4N/c1-2-6-14-7-4-3-5-9(12,13)8(10)11/h8,14H,2-7H2,1H3. The minimum Gasteiger partial charge on any atom is -0.317 e. The Bertz CT molecular complexity index is 139. The highest BCUT2D eigenvalue weighted by atomic mass is 19.3. The van der Waals surface area contributed by atoms with Gasteiger partial charge in [-0.25, -0.2) is 17.6 Å². The first-order valence-electron chi connectivity index (χ1n) is 4.87. The normalized spacial score (nSPS) is 12.4. The van der Waals surface area contributed by atoms with Crippen molar-refractivity contribution in [2.24, 2.45) is 0 Å². The molecule has 0 saturated heterocycles. The van der Waals surface area contributed by atoms with Crippen LogP contribution in [0.3, 0.4) is 0 Å². The van der Waals surface area contributed by atoms with E-state index in [2.05, 4.69) is 5.32 Å². The largest absolute Gasteiger partial charge is 0.317 e. The lowest BCUT2D eigenvalue weighted by atomic mass is 10.1. The van der Waals surface area contributed by atoms with Crippen LogP contribution >= 0.6 is 0 Å². The maximum absolute atomic E-state index is 12.4. The van der Waals surface area contributed by atoms with Gasteiger partial charge in [-0.2, -0.15) is 0 Å². The van der Waals surface area contributed by atoms with Crippen molar-refractivity contribution in [2.75, 3.05) is 13.1 Å². The van der Waals surface area contributed by atoms with Gasteiger partial charge in [0.2, 0.25) is 0 Å². The molecule has 0 atom stereocenters. The highest BCUT2D eigenvalue weighted by Gasteiger charge is 2.39. The molecule has 0 aromatic rings. The van der Waals surface area contributed by atoms with Gasteiger partial charge < -0.3 is 5.32 Å². The maximum atomic E-state index is 12.4. The SMILES string of the molecule is CCCNCCCCC(F)(F)C(F)F. The molecule has 1 nitrogen and oxygen atoms in total. The topological polar surface area (TPSA) is 12.0 Å². The average molecular weight is 215 g/mol. The molecule has 0 spiro atoms. The molecule has 86 valence electrons. The Morgan fingerprint density at radius 2 is 1.79 bits per heavy atom. The molecular formula is C9H17F4N. The molecule has 1 N–H and O–H groups in total. The lowest BCUT2D eigenvalue weighted by molar-refractivity contribution is -0.133. The van der Waals surface area contributed by atoms with E-state index in [1.807, 2.05) is 6.92 Å². The van der Waals surface area contributed by atoms with Crippen molar-refractivity contribution in [1.29, 1.82) is 0 Å². The van der Waals surface area contributed by atoms with Crippen molar-refractivity contribution in [1.82, 2.24) is 5.32 Å². The molecule has 0 unspecified atom stereocenters. The fraction of sp³-hybridized carbons (Fsp3) is 1.00. The van der Waals surface area contributed by atoms with Crippen LogP contribution in [0.25, 0.3) is 0 Å². The summed E-state index contributed by atoms with van der Waals surface area (Å²) in [7, 11) is 0. The van der Waals surface area contributed by atoms with Crippen LogP contribution in [0.5, 0.6) is 0 Å². The predicted molar refractivity (Wildman–Crippen MR) is 48.0 cm³/mol. The first kappa shape index (κ1) is 13.7. The Morgan fingerprint density at radius 3 is 2.29 bits per heavy atom. The van der Waals surface area contributed by atoms with E-state index in [1.165, 1.54) is 0 Å². The van der Waals surface area contributed by atoms with Gasteiger partial charge in [0, 0.05) is 6.42 Å². The van der Waals surface area contributed by atoms with Crippen molar-refractivity contribution in [3.8, 4) is 0 Å². The van der Waals surface area contributed by atoms with Crippen LogP contribution in [-0.2, 0) is 0 Å². The molecule has 0 aromatic carbocycles. The predicted octanol–water partition coefficient (Wildman–Crippen LogP) is 3.06. The van der Waals surface area contributed by atoms with Gasteiger partial charge in [0.15, 0.2) is 0 Å². The van der Waals surface area contributed by atoms with Gasteiger partial charge in [-0.15, -0.1) is 0 Å².